The molecule has 10 heteroatoms. The molecule has 0 aliphatic rings. The van der Waals surface area contributed by atoms with E-state index >= 15 is 0 Å². The summed E-state index contributed by atoms with van der Waals surface area (Å²) in [4.78, 5) is 54.8. The molecule has 3 N–H and O–H groups in total. The molecule has 2 aromatic rings. The lowest BCUT2D eigenvalue weighted by Gasteiger charge is -2.24. The number of anilines is 2. The Morgan fingerprint density at radius 1 is 1.16 bits per heavy atom. The summed E-state index contributed by atoms with van der Waals surface area (Å²) in [5, 5.41) is 0. The monoisotopic (exact) mass is 450 g/mol. The molecule has 0 saturated heterocycles. The van der Waals surface area contributed by atoms with Crippen molar-refractivity contribution in [1.29, 1.82) is 0 Å². The van der Waals surface area contributed by atoms with Crippen molar-refractivity contribution in [2.24, 2.45) is 0 Å². The van der Waals surface area contributed by atoms with Gasteiger partial charge < -0.3 is 15.4 Å². The van der Waals surface area contributed by atoms with Gasteiger partial charge in [0.05, 0.1) is 0 Å². The molecule has 9 nitrogen and oxygen atoms in total. The number of aryl methyl sites for hydroxylation is 1. The molecule has 0 unspecified atom stereocenters. The lowest BCUT2D eigenvalue weighted by Crippen LogP contribution is -2.43. The molecular weight excluding hydrogens is 420 g/mol. The maximum absolute atomic E-state index is 12.9. The van der Waals surface area contributed by atoms with E-state index in [0.29, 0.717) is 24.3 Å². The molecule has 31 heavy (non-hydrogen) atoms. The molecule has 1 amide bonds. The van der Waals surface area contributed by atoms with Crippen LogP contribution in [0, 0.1) is 6.92 Å². The molecule has 0 radical (unpaired) electrons. The van der Waals surface area contributed by atoms with Gasteiger partial charge in [-0.05, 0) is 31.9 Å². The first-order chi connectivity index (χ1) is 14.8. The number of esters is 1. The van der Waals surface area contributed by atoms with E-state index in [-0.39, 0.29) is 18.1 Å². The largest absolute Gasteiger partial charge is 0.451 e. The van der Waals surface area contributed by atoms with Gasteiger partial charge in [0.1, 0.15) is 10.7 Å². The quantitative estimate of drug-likeness (QED) is 0.400. The lowest BCUT2D eigenvalue weighted by atomic mass is 10.2. The van der Waals surface area contributed by atoms with Gasteiger partial charge in [-0.15, -0.1) is 11.3 Å². The lowest BCUT2D eigenvalue weighted by molar-refractivity contribution is -0.121. The number of nitrogen functional groups attached to an aromatic ring is 1. The van der Waals surface area contributed by atoms with E-state index < -0.39 is 29.7 Å². The zero-order valence-electron chi connectivity index (χ0n) is 18.2. The van der Waals surface area contributed by atoms with Gasteiger partial charge >= 0.3 is 11.7 Å². The first-order valence-electron chi connectivity index (χ1n) is 10.5. The highest BCUT2D eigenvalue weighted by molar-refractivity contribution is 7.13. The Labute approximate surface area is 184 Å². The molecule has 0 aliphatic carbocycles. The number of hydrogen-bond donors (Lipinski definition) is 2. The highest BCUT2D eigenvalue weighted by Gasteiger charge is 2.25. The average Bonchev–Trinajstić information content (AvgIpc) is 3.16. The molecule has 0 aromatic carbocycles. The third kappa shape index (κ3) is 6.30. The van der Waals surface area contributed by atoms with Crippen molar-refractivity contribution in [2.75, 3.05) is 23.8 Å². The van der Waals surface area contributed by atoms with Crippen molar-refractivity contribution < 1.29 is 14.3 Å². The van der Waals surface area contributed by atoms with E-state index in [2.05, 4.69) is 4.98 Å². The van der Waals surface area contributed by atoms with Crippen LogP contribution >= 0.6 is 11.3 Å². The Morgan fingerprint density at radius 3 is 2.48 bits per heavy atom. The van der Waals surface area contributed by atoms with E-state index in [4.69, 9.17) is 10.5 Å². The van der Waals surface area contributed by atoms with Crippen LogP contribution in [0.15, 0.2) is 21.7 Å². The van der Waals surface area contributed by atoms with Gasteiger partial charge in [0.15, 0.2) is 12.3 Å². The summed E-state index contributed by atoms with van der Waals surface area (Å²) < 4.78 is 6.43. The van der Waals surface area contributed by atoms with Crippen LogP contribution in [-0.2, 0) is 16.1 Å². The summed E-state index contributed by atoms with van der Waals surface area (Å²) in [6.45, 7) is 5.87. The van der Waals surface area contributed by atoms with Crippen LogP contribution in [0.2, 0.25) is 0 Å². The minimum absolute atomic E-state index is 0.0627. The van der Waals surface area contributed by atoms with E-state index in [1.807, 2.05) is 20.8 Å². The van der Waals surface area contributed by atoms with Crippen LogP contribution in [0.1, 0.15) is 60.5 Å². The van der Waals surface area contributed by atoms with Crippen molar-refractivity contribution in [2.45, 2.75) is 59.4 Å². The van der Waals surface area contributed by atoms with Crippen molar-refractivity contribution in [3.05, 3.63) is 42.7 Å². The van der Waals surface area contributed by atoms with Crippen LogP contribution < -0.4 is 21.9 Å². The highest BCUT2D eigenvalue weighted by atomic mass is 32.1. The minimum atomic E-state index is -0.736. The highest BCUT2D eigenvalue weighted by Crippen LogP contribution is 2.20. The third-order valence-electron chi connectivity index (χ3n) is 4.77. The maximum Gasteiger partial charge on any atom is 0.348 e. The fourth-order valence-corrected chi connectivity index (χ4v) is 3.84. The standard InChI is InChI=1S/C21H30N4O5S/c1-4-6-8-12-24(16(26)13-30-20(28)15-10-9-14(3)31-15)17-18(22)25(11-7-5-2)21(29)23-19(17)27/h9-10H,4-8,11-13,22H2,1-3H3,(H,23,27,29). The van der Waals surface area contributed by atoms with Gasteiger partial charge in [0, 0.05) is 18.0 Å². The zero-order chi connectivity index (χ0) is 23.0. The predicted molar refractivity (Wildman–Crippen MR) is 122 cm³/mol. The van der Waals surface area contributed by atoms with Crippen LogP contribution in [0.3, 0.4) is 0 Å². The number of nitrogens with two attached hydrogens (primary N) is 1. The number of aromatic amines is 1. The summed E-state index contributed by atoms with van der Waals surface area (Å²) in [6.07, 6.45) is 3.91. The molecule has 0 bridgehead atoms. The summed E-state index contributed by atoms with van der Waals surface area (Å²) in [7, 11) is 0. The summed E-state index contributed by atoms with van der Waals surface area (Å²) in [6, 6.07) is 3.43. The van der Waals surface area contributed by atoms with E-state index in [0.717, 1.165) is 24.1 Å². The van der Waals surface area contributed by atoms with Crippen LogP contribution in [0.4, 0.5) is 11.5 Å². The SMILES string of the molecule is CCCCCN(C(=O)COC(=O)c1ccc(C)s1)c1c(N)n(CCCC)c(=O)[nH]c1=O. The second-order valence-electron chi connectivity index (χ2n) is 7.24. The molecule has 0 fully saturated rings. The van der Waals surface area contributed by atoms with Crippen molar-refractivity contribution in [3.63, 3.8) is 0 Å². The van der Waals surface area contributed by atoms with Crippen molar-refractivity contribution in [1.82, 2.24) is 9.55 Å². The number of carbonyl (C=O) groups is 2. The second-order valence-corrected chi connectivity index (χ2v) is 8.53. The normalized spacial score (nSPS) is 10.8. The molecule has 2 aromatic heterocycles. The number of amides is 1. The summed E-state index contributed by atoms with van der Waals surface area (Å²) >= 11 is 1.27. The average molecular weight is 451 g/mol. The molecule has 2 rings (SSSR count). The van der Waals surface area contributed by atoms with Crippen LogP contribution in [-0.4, -0.2) is 34.6 Å². The van der Waals surface area contributed by atoms with Crippen molar-refractivity contribution in [3.8, 4) is 0 Å². The number of H-pyrrole nitrogens is 1. The van der Waals surface area contributed by atoms with E-state index in [9.17, 15) is 19.2 Å². The number of carbonyl (C=O) groups excluding carboxylic acids is 2. The van der Waals surface area contributed by atoms with Gasteiger partial charge in [-0.25, -0.2) is 9.59 Å². The van der Waals surface area contributed by atoms with Crippen LogP contribution in [0.5, 0.6) is 0 Å². The molecule has 0 aliphatic heterocycles. The maximum atomic E-state index is 12.9. The number of hydrogen-bond acceptors (Lipinski definition) is 7. The fraction of sp³-hybridized carbons (Fsp3) is 0.524. The Bertz CT molecular complexity index is 1020. The van der Waals surface area contributed by atoms with E-state index in [1.54, 1.807) is 12.1 Å². The number of nitrogens with one attached hydrogen (secondary N) is 1. The third-order valence-corrected chi connectivity index (χ3v) is 5.75. The van der Waals surface area contributed by atoms with Crippen LogP contribution in [0.25, 0.3) is 0 Å². The number of aromatic nitrogens is 2. The van der Waals surface area contributed by atoms with Gasteiger partial charge in [0.25, 0.3) is 11.5 Å². The molecule has 0 spiro atoms. The van der Waals surface area contributed by atoms with Gasteiger partial charge in [-0.1, -0.05) is 33.1 Å². The molecule has 0 saturated carbocycles. The summed E-state index contributed by atoms with van der Waals surface area (Å²) in [5.74, 6) is -1.24. The van der Waals surface area contributed by atoms with Crippen molar-refractivity contribution >= 4 is 34.7 Å². The first kappa shape index (κ1) is 24.4. The zero-order valence-corrected chi connectivity index (χ0v) is 19.0. The number of ether oxygens (including phenoxy) is 1. The van der Waals surface area contributed by atoms with Gasteiger partial charge in [0.2, 0.25) is 0 Å². The van der Waals surface area contributed by atoms with E-state index in [1.165, 1.54) is 20.8 Å². The molecule has 170 valence electrons. The molecular formula is C21H30N4O5S. The Balaban J connectivity index is 2.30. The number of unbranched alkanes of at least 4 members (excludes halogenated alkanes) is 3. The summed E-state index contributed by atoms with van der Waals surface area (Å²) in [5.41, 5.74) is 4.73. The molecule has 2 heterocycles. The first-order valence-corrected chi connectivity index (χ1v) is 11.3. The minimum Gasteiger partial charge on any atom is -0.451 e. The smallest absolute Gasteiger partial charge is 0.348 e. The fourth-order valence-electron chi connectivity index (χ4n) is 3.08. The Hall–Kier alpha value is -2.88. The Morgan fingerprint density at radius 2 is 1.87 bits per heavy atom. The molecule has 0 atom stereocenters. The van der Waals surface area contributed by atoms with Gasteiger partial charge in [-0.3, -0.25) is 19.1 Å². The number of thiophene rings is 1. The number of rotatable bonds is 11. The number of nitrogens with zero attached hydrogens (tertiary/aromatic N) is 2. The Kier molecular flexibility index (Phi) is 9.04. The second kappa shape index (κ2) is 11.5. The predicted octanol–water partition coefficient (Wildman–Crippen LogP) is 2.67. The van der Waals surface area contributed by atoms with Gasteiger partial charge in [-0.2, -0.15) is 0 Å². The topological polar surface area (TPSA) is 127 Å².